The summed E-state index contributed by atoms with van der Waals surface area (Å²) in [5.41, 5.74) is 2.73. The topological polar surface area (TPSA) is 68.0 Å². The molecule has 2 aromatic carbocycles. The van der Waals surface area contributed by atoms with E-state index in [0.717, 1.165) is 11.3 Å². The third-order valence-electron chi connectivity index (χ3n) is 3.44. The van der Waals surface area contributed by atoms with Crippen LogP contribution in [0.4, 0.5) is 5.69 Å². The Bertz CT molecular complexity index is 780. The van der Waals surface area contributed by atoms with E-state index < -0.39 is 0 Å². The van der Waals surface area contributed by atoms with Crippen LogP contribution < -0.4 is 5.32 Å². The second-order valence-electron chi connectivity index (χ2n) is 5.24. The van der Waals surface area contributed by atoms with Crippen LogP contribution in [0.15, 0.2) is 59.0 Å². The molecule has 0 fully saturated rings. The van der Waals surface area contributed by atoms with Crippen molar-refractivity contribution < 1.29 is 9.21 Å². The molecular weight excluding hydrogens is 290 g/mol. The van der Waals surface area contributed by atoms with Gasteiger partial charge < -0.3 is 9.73 Å². The fourth-order valence-corrected chi connectivity index (χ4v) is 2.20. The average molecular weight is 307 g/mol. The van der Waals surface area contributed by atoms with Crippen molar-refractivity contribution in [2.75, 3.05) is 5.32 Å². The lowest BCUT2D eigenvalue weighted by Gasteiger charge is -2.03. The summed E-state index contributed by atoms with van der Waals surface area (Å²) in [6.07, 6.45) is 0.626. The van der Waals surface area contributed by atoms with E-state index in [1.807, 2.05) is 42.5 Å². The number of Topliss-reactive ketones (excluding diaryl/α,β-unsaturated/α-hetero) is 1. The van der Waals surface area contributed by atoms with Gasteiger partial charge in [0, 0.05) is 11.3 Å². The Balaban J connectivity index is 1.57. The van der Waals surface area contributed by atoms with Crippen LogP contribution >= 0.6 is 0 Å². The van der Waals surface area contributed by atoms with Crippen LogP contribution in [-0.4, -0.2) is 16.0 Å². The Labute approximate surface area is 134 Å². The number of carbonyl (C=O) groups excluding carboxylic acids is 1. The number of nitrogens with one attached hydrogen (secondary N) is 1. The largest absolute Gasteiger partial charge is 0.423 e. The fourth-order valence-electron chi connectivity index (χ4n) is 2.20. The monoisotopic (exact) mass is 307 g/mol. The molecular formula is C18H17N3O2. The van der Waals surface area contributed by atoms with Crippen LogP contribution in [0.1, 0.15) is 34.6 Å². The number of ketones is 1. The first-order chi connectivity index (χ1) is 11.2. The predicted octanol–water partition coefficient (Wildman–Crippen LogP) is 3.48. The second kappa shape index (κ2) is 6.87. The lowest BCUT2D eigenvalue weighted by molar-refractivity contribution is 0.101. The number of hydrogen-bond acceptors (Lipinski definition) is 5. The summed E-state index contributed by atoms with van der Waals surface area (Å²) in [7, 11) is 0. The Kier molecular flexibility index (Phi) is 4.47. The van der Waals surface area contributed by atoms with E-state index in [2.05, 4.69) is 15.5 Å². The van der Waals surface area contributed by atoms with Gasteiger partial charge in [0.1, 0.15) is 0 Å². The predicted molar refractivity (Wildman–Crippen MR) is 87.3 cm³/mol. The van der Waals surface area contributed by atoms with Gasteiger partial charge in [-0.05, 0) is 36.8 Å². The van der Waals surface area contributed by atoms with Crippen LogP contribution in [0.2, 0.25) is 0 Å². The van der Waals surface area contributed by atoms with Crippen LogP contribution in [0, 0.1) is 0 Å². The zero-order valence-corrected chi connectivity index (χ0v) is 12.8. The van der Waals surface area contributed by atoms with E-state index in [1.165, 1.54) is 0 Å². The van der Waals surface area contributed by atoms with Gasteiger partial charge in [-0.3, -0.25) is 4.79 Å². The molecule has 0 aliphatic heterocycles. The summed E-state index contributed by atoms with van der Waals surface area (Å²) >= 11 is 0. The Morgan fingerprint density at radius 2 is 1.70 bits per heavy atom. The van der Waals surface area contributed by atoms with Crippen molar-refractivity contribution in [3.8, 4) is 0 Å². The maximum absolute atomic E-state index is 11.2. The van der Waals surface area contributed by atoms with Gasteiger partial charge in [0.2, 0.25) is 11.8 Å². The fraction of sp³-hybridized carbons (Fsp3) is 0.167. The minimum Gasteiger partial charge on any atom is -0.423 e. The van der Waals surface area contributed by atoms with Gasteiger partial charge in [0.05, 0.1) is 13.0 Å². The molecule has 0 radical (unpaired) electrons. The van der Waals surface area contributed by atoms with E-state index in [9.17, 15) is 4.79 Å². The van der Waals surface area contributed by atoms with Crippen molar-refractivity contribution in [2.45, 2.75) is 19.9 Å². The van der Waals surface area contributed by atoms with Crippen LogP contribution in [0.5, 0.6) is 0 Å². The van der Waals surface area contributed by atoms with Gasteiger partial charge in [-0.25, -0.2) is 0 Å². The molecule has 0 unspecified atom stereocenters. The molecule has 23 heavy (non-hydrogen) atoms. The van der Waals surface area contributed by atoms with E-state index in [4.69, 9.17) is 4.42 Å². The number of rotatable bonds is 6. The highest BCUT2D eigenvalue weighted by Crippen LogP contribution is 2.12. The highest BCUT2D eigenvalue weighted by atomic mass is 16.4. The zero-order valence-electron chi connectivity index (χ0n) is 12.8. The summed E-state index contributed by atoms with van der Waals surface area (Å²) in [5, 5.41) is 11.3. The molecule has 116 valence electrons. The molecule has 0 amide bonds. The number of benzene rings is 2. The van der Waals surface area contributed by atoms with Gasteiger partial charge in [0.25, 0.3) is 0 Å². The van der Waals surface area contributed by atoms with Gasteiger partial charge in [0.15, 0.2) is 5.78 Å². The standard InChI is InChI=1S/C18H17N3O2/c1-13(22)15-7-9-16(10-8-15)19-12-18-21-20-17(23-18)11-14-5-3-2-4-6-14/h2-10,19H,11-12H2,1H3. The van der Waals surface area contributed by atoms with Gasteiger partial charge in [-0.1, -0.05) is 30.3 Å². The molecule has 3 aromatic rings. The SMILES string of the molecule is CC(=O)c1ccc(NCc2nnc(Cc3ccccc3)o2)cc1. The lowest BCUT2D eigenvalue weighted by Crippen LogP contribution is -2.00. The lowest BCUT2D eigenvalue weighted by atomic mass is 10.1. The van der Waals surface area contributed by atoms with Crippen LogP contribution in [-0.2, 0) is 13.0 Å². The summed E-state index contributed by atoms with van der Waals surface area (Å²) in [5.74, 6) is 1.19. The Hall–Kier alpha value is -2.95. The van der Waals surface area contributed by atoms with Gasteiger partial charge >= 0.3 is 0 Å². The molecule has 0 saturated heterocycles. The first-order valence-corrected chi connectivity index (χ1v) is 7.41. The first-order valence-electron chi connectivity index (χ1n) is 7.41. The van der Waals surface area contributed by atoms with Crippen LogP contribution in [0.3, 0.4) is 0 Å². The summed E-state index contributed by atoms with van der Waals surface area (Å²) in [4.78, 5) is 11.2. The Morgan fingerprint density at radius 3 is 2.39 bits per heavy atom. The Morgan fingerprint density at radius 1 is 1.00 bits per heavy atom. The number of aromatic nitrogens is 2. The molecule has 5 nitrogen and oxygen atoms in total. The molecule has 0 aliphatic carbocycles. The molecule has 0 bridgehead atoms. The minimum absolute atomic E-state index is 0.0546. The number of anilines is 1. The van der Waals surface area contributed by atoms with Crippen molar-refractivity contribution in [3.63, 3.8) is 0 Å². The zero-order chi connectivity index (χ0) is 16.1. The highest BCUT2D eigenvalue weighted by Gasteiger charge is 2.07. The summed E-state index contributed by atoms with van der Waals surface area (Å²) < 4.78 is 5.63. The number of nitrogens with zero attached hydrogens (tertiary/aromatic N) is 2. The molecule has 5 heteroatoms. The first kappa shape index (κ1) is 15.0. The molecule has 1 N–H and O–H groups in total. The minimum atomic E-state index is 0.0546. The van der Waals surface area contributed by atoms with Crippen molar-refractivity contribution in [3.05, 3.63) is 77.5 Å². The quantitative estimate of drug-likeness (QED) is 0.706. The maximum atomic E-state index is 11.2. The molecule has 1 heterocycles. The molecule has 3 rings (SSSR count). The van der Waals surface area contributed by atoms with Gasteiger partial charge in [-0.2, -0.15) is 0 Å². The van der Waals surface area contributed by atoms with Crippen molar-refractivity contribution in [2.24, 2.45) is 0 Å². The third kappa shape index (κ3) is 4.03. The van der Waals surface area contributed by atoms with Crippen molar-refractivity contribution in [1.82, 2.24) is 10.2 Å². The molecule has 0 spiro atoms. The van der Waals surface area contributed by atoms with E-state index >= 15 is 0 Å². The summed E-state index contributed by atoms with van der Waals surface area (Å²) in [6, 6.07) is 17.3. The highest BCUT2D eigenvalue weighted by molar-refractivity contribution is 5.94. The van der Waals surface area contributed by atoms with Crippen molar-refractivity contribution >= 4 is 11.5 Å². The average Bonchev–Trinajstić information content (AvgIpc) is 3.02. The smallest absolute Gasteiger partial charge is 0.235 e. The maximum Gasteiger partial charge on any atom is 0.235 e. The van der Waals surface area contributed by atoms with Gasteiger partial charge in [-0.15, -0.1) is 10.2 Å². The molecule has 0 aliphatic rings. The molecule has 1 aromatic heterocycles. The van der Waals surface area contributed by atoms with E-state index in [-0.39, 0.29) is 5.78 Å². The third-order valence-corrected chi connectivity index (χ3v) is 3.44. The van der Waals surface area contributed by atoms with E-state index in [0.29, 0.717) is 30.3 Å². The molecule has 0 saturated carbocycles. The second-order valence-corrected chi connectivity index (χ2v) is 5.24. The normalized spacial score (nSPS) is 10.5. The summed E-state index contributed by atoms with van der Waals surface area (Å²) in [6.45, 7) is 2.00. The van der Waals surface area contributed by atoms with E-state index in [1.54, 1.807) is 19.1 Å². The van der Waals surface area contributed by atoms with Crippen LogP contribution in [0.25, 0.3) is 0 Å². The van der Waals surface area contributed by atoms with Crippen molar-refractivity contribution in [1.29, 1.82) is 0 Å². The number of hydrogen-bond donors (Lipinski definition) is 1. The number of carbonyl (C=O) groups is 1. The molecule has 0 atom stereocenters.